The van der Waals surface area contributed by atoms with Crippen molar-refractivity contribution < 1.29 is 28.3 Å². The summed E-state index contributed by atoms with van der Waals surface area (Å²) in [6.07, 6.45) is 0.0679. The number of imidazole rings is 1. The van der Waals surface area contributed by atoms with Crippen LogP contribution >= 0.6 is 0 Å². The number of aromatic nitrogens is 2. The van der Waals surface area contributed by atoms with Gasteiger partial charge in [-0.3, -0.25) is 9.59 Å². The number of benzene rings is 1. The molecule has 1 aliphatic heterocycles. The van der Waals surface area contributed by atoms with Crippen LogP contribution in [-0.4, -0.2) is 49.9 Å². The van der Waals surface area contributed by atoms with E-state index in [0.717, 1.165) is 12.1 Å². The molecule has 0 bridgehead atoms. The van der Waals surface area contributed by atoms with Crippen LogP contribution in [-0.2, 0) is 22.7 Å². The zero-order chi connectivity index (χ0) is 21.3. The molecule has 1 atom stereocenters. The maximum absolute atomic E-state index is 13.6. The van der Waals surface area contributed by atoms with Gasteiger partial charge in [-0.25, -0.2) is 18.6 Å². The number of nitrogens with zero attached hydrogens (tertiary/aromatic N) is 3. The fourth-order valence-electron chi connectivity index (χ4n) is 3.24. The second kappa shape index (κ2) is 7.95. The van der Waals surface area contributed by atoms with Crippen LogP contribution in [0.4, 0.5) is 8.78 Å². The maximum Gasteiger partial charge on any atom is 0.354 e. The van der Waals surface area contributed by atoms with Crippen molar-refractivity contribution in [2.45, 2.75) is 32.0 Å². The summed E-state index contributed by atoms with van der Waals surface area (Å²) in [4.78, 5) is 40.8. The normalized spacial score (nSPS) is 14.4. The predicted molar refractivity (Wildman–Crippen MR) is 96.4 cm³/mol. The van der Waals surface area contributed by atoms with Gasteiger partial charge in [-0.2, -0.15) is 0 Å². The summed E-state index contributed by atoms with van der Waals surface area (Å²) >= 11 is 0. The number of carboxylic acids is 1. The van der Waals surface area contributed by atoms with Gasteiger partial charge in [-0.15, -0.1) is 0 Å². The number of hydrogen-bond acceptors (Lipinski definition) is 5. The van der Waals surface area contributed by atoms with Gasteiger partial charge in [0.25, 0.3) is 0 Å². The van der Waals surface area contributed by atoms with Gasteiger partial charge in [-0.05, 0) is 24.6 Å². The lowest BCUT2D eigenvalue weighted by Gasteiger charge is -2.30. The molecule has 2 heterocycles. The number of amides is 2. The van der Waals surface area contributed by atoms with E-state index in [9.17, 15) is 28.3 Å². The van der Waals surface area contributed by atoms with Crippen LogP contribution in [0.25, 0.3) is 11.3 Å². The summed E-state index contributed by atoms with van der Waals surface area (Å²) in [5.41, 5.74) is 10.8. The molecule has 9 nitrogen and oxygen atoms in total. The van der Waals surface area contributed by atoms with Gasteiger partial charge in [-0.1, -0.05) is 0 Å². The Hall–Kier alpha value is -3.34. The Bertz CT molecular complexity index is 991. The van der Waals surface area contributed by atoms with Crippen LogP contribution in [0.2, 0.25) is 0 Å². The van der Waals surface area contributed by atoms with E-state index < -0.39 is 35.5 Å². The Morgan fingerprint density at radius 2 is 1.93 bits per heavy atom. The minimum absolute atomic E-state index is 0.00688. The lowest BCUT2D eigenvalue weighted by molar-refractivity contribution is -0.134. The molecule has 154 valence electrons. The minimum atomic E-state index is -1.28. The van der Waals surface area contributed by atoms with Crippen molar-refractivity contribution in [2.75, 3.05) is 6.54 Å². The van der Waals surface area contributed by atoms with Gasteiger partial charge < -0.3 is 26.0 Å². The van der Waals surface area contributed by atoms with E-state index in [0.29, 0.717) is 0 Å². The highest BCUT2D eigenvalue weighted by molar-refractivity contribution is 5.93. The number of carboxylic acid groups (broad SMARTS) is 1. The van der Waals surface area contributed by atoms with Gasteiger partial charge in [0, 0.05) is 25.1 Å². The van der Waals surface area contributed by atoms with E-state index >= 15 is 0 Å². The van der Waals surface area contributed by atoms with Crippen LogP contribution in [0.15, 0.2) is 18.2 Å². The van der Waals surface area contributed by atoms with Crippen molar-refractivity contribution in [1.82, 2.24) is 14.5 Å². The van der Waals surface area contributed by atoms with Crippen molar-refractivity contribution in [3.63, 3.8) is 0 Å². The Kier molecular flexibility index (Phi) is 5.59. The summed E-state index contributed by atoms with van der Waals surface area (Å²) in [5, 5.41) is 9.61. The topological polar surface area (TPSA) is 145 Å². The van der Waals surface area contributed by atoms with E-state index in [-0.39, 0.29) is 55.3 Å². The number of carbonyl (C=O) groups is 3. The largest absolute Gasteiger partial charge is 0.477 e. The van der Waals surface area contributed by atoms with E-state index in [1.54, 1.807) is 0 Å². The summed E-state index contributed by atoms with van der Waals surface area (Å²) in [7, 11) is 0. The molecule has 11 heteroatoms. The van der Waals surface area contributed by atoms with E-state index in [4.69, 9.17) is 11.5 Å². The lowest BCUT2D eigenvalue weighted by Crippen LogP contribution is -2.47. The molecule has 29 heavy (non-hydrogen) atoms. The first-order chi connectivity index (χ1) is 13.7. The molecule has 2 aromatic rings. The van der Waals surface area contributed by atoms with Gasteiger partial charge in [0.1, 0.15) is 11.5 Å². The second-order valence-electron chi connectivity index (χ2n) is 6.68. The number of halogens is 2. The third-order valence-electron chi connectivity index (χ3n) is 4.70. The minimum Gasteiger partial charge on any atom is -0.477 e. The quantitative estimate of drug-likeness (QED) is 0.634. The third-order valence-corrected chi connectivity index (χ3v) is 4.70. The van der Waals surface area contributed by atoms with Crippen molar-refractivity contribution in [3.05, 3.63) is 41.4 Å². The molecule has 1 aliphatic rings. The molecular weight excluding hydrogens is 388 g/mol. The van der Waals surface area contributed by atoms with Gasteiger partial charge in [0.2, 0.25) is 11.8 Å². The average molecular weight is 407 g/mol. The number of nitrogens with two attached hydrogens (primary N) is 2. The van der Waals surface area contributed by atoms with Crippen LogP contribution < -0.4 is 11.5 Å². The van der Waals surface area contributed by atoms with Crippen LogP contribution in [0.1, 0.15) is 29.2 Å². The third kappa shape index (κ3) is 4.09. The molecule has 0 spiro atoms. The van der Waals surface area contributed by atoms with E-state index in [1.807, 2.05) is 0 Å². The molecule has 1 aromatic carbocycles. The fraction of sp³-hybridized carbons (Fsp3) is 0.333. The molecule has 0 unspecified atom stereocenters. The van der Waals surface area contributed by atoms with Crippen LogP contribution in [0, 0.1) is 11.6 Å². The molecular formula is C18H19F2N5O4. The van der Waals surface area contributed by atoms with Gasteiger partial charge in [0.15, 0.2) is 17.3 Å². The van der Waals surface area contributed by atoms with Crippen molar-refractivity contribution in [3.8, 4) is 11.3 Å². The molecule has 0 radical (unpaired) electrons. The standard InChI is InChI=1S/C18H19F2N5O4/c19-10-2-1-9(7-11(10)20)15-16(18(28)29)25-6-5-24(8-14(25)23-15)17(27)12(21)3-4-13(22)26/h1-2,7,12H,3-6,8,21H2,(H2,22,26)(H,28,29)/t12-/m0/s1. The van der Waals surface area contributed by atoms with Crippen molar-refractivity contribution in [2.24, 2.45) is 11.5 Å². The molecule has 0 aliphatic carbocycles. The molecule has 3 rings (SSSR count). The van der Waals surface area contributed by atoms with Crippen molar-refractivity contribution >= 4 is 17.8 Å². The zero-order valence-corrected chi connectivity index (χ0v) is 15.3. The number of primary amides is 1. The van der Waals surface area contributed by atoms with Gasteiger partial charge >= 0.3 is 5.97 Å². The lowest BCUT2D eigenvalue weighted by atomic mass is 10.1. The Morgan fingerprint density at radius 3 is 2.55 bits per heavy atom. The summed E-state index contributed by atoms with van der Waals surface area (Å²) < 4.78 is 28.3. The van der Waals surface area contributed by atoms with Crippen LogP contribution in [0.3, 0.4) is 0 Å². The van der Waals surface area contributed by atoms with E-state index in [2.05, 4.69) is 4.98 Å². The van der Waals surface area contributed by atoms with Gasteiger partial charge in [0.05, 0.1) is 12.6 Å². The maximum atomic E-state index is 13.6. The number of fused-ring (bicyclic) bond motifs is 1. The highest BCUT2D eigenvalue weighted by atomic mass is 19.2. The molecule has 0 fully saturated rings. The Morgan fingerprint density at radius 1 is 1.21 bits per heavy atom. The SMILES string of the molecule is NC(=O)CC[C@H](N)C(=O)N1CCn2c(nc(-c3ccc(F)c(F)c3)c2C(=O)O)C1. The van der Waals surface area contributed by atoms with Crippen molar-refractivity contribution in [1.29, 1.82) is 0 Å². The highest BCUT2D eigenvalue weighted by Gasteiger charge is 2.31. The molecule has 2 amide bonds. The summed E-state index contributed by atoms with van der Waals surface area (Å²) in [6.45, 7) is 0.318. The zero-order valence-electron chi connectivity index (χ0n) is 15.3. The second-order valence-corrected chi connectivity index (χ2v) is 6.68. The molecule has 0 saturated carbocycles. The molecule has 0 saturated heterocycles. The fourth-order valence-corrected chi connectivity index (χ4v) is 3.24. The number of rotatable bonds is 6. The Balaban J connectivity index is 1.89. The molecule has 5 N–H and O–H groups in total. The molecule has 1 aromatic heterocycles. The Labute approximate surface area is 163 Å². The predicted octanol–water partition coefficient (Wildman–Crippen LogP) is 0.461. The summed E-state index contributed by atoms with van der Waals surface area (Å²) in [5.74, 6) is -4.15. The highest BCUT2D eigenvalue weighted by Crippen LogP contribution is 2.28. The first-order valence-electron chi connectivity index (χ1n) is 8.79. The number of hydrogen-bond donors (Lipinski definition) is 3. The smallest absolute Gasteiger partial charge is 0.354 e. The average Bonchev–Trinajstić information content (AvgIpc) is 3.06. The van der Waals surface area contributed by atoms with E-state index in [1.165, 1.54) is 15.5 Å². The van der Waals surface area contributed by atoms with Crippen LogP contribution in [0.5, 0.6) is 0 Å². The monoisotopic (exact) mass is 407 g/mol. The first kappa shape index (κ1) is 20.4. The summed E-state index contributed by atoms with van der Waals surface area (Å²) in [6, 6.07) is 2.08. The first-order valence-corrected chi connectivity index (χ1v) is 8.79. The number of aromatic carboxylic acids is 1. The number of carbonyl (C=O) groups excluding carboxylic acids is 2.